The summed E-state index contributed by atoms with van der Waals surface area (Å²) in [5.74, 6) is 0.0381. The highest BCUT2D eigenvalue weighted by Crippen LogP contribution is 2.36. The van der Waals surface area contributed by atoms with Gasteiger partial charge in [0.05, 0.1) is 12.7 Å². The van der Waals surface area contributed by atoms with E-state index in [1.165, 1.54) is 0 Å². The van der Waals surface area contributed by atoms with E-state index in [0.717, 1.165) is 19.5 Å². The lowest BCUT2D eigenvalue weighted by Crippen LogP contribution is -2.38. The van der Waals surface area contributed by atoms with Crippen LogP contribution in [-0.4, -0.2) is 55.2 Å². The maximum Gasteiger partial charge on any atom is 0.170 e. The van der Waals surface area contributed by atoms with Gasteiger partial charge in [0.25, 0.3) is 0 Å². The molecule has 3 unspecified atom stereocenters. The van der Waals surface area contributed by atoms with Crippen molar-refractivity contribution < 1.29 is 14.6 Å². The molecule has 2 fully saturated rings. The lowest BCUT2D eigenvalue weighted by atomic mass is 9.99. The van der Waals surface area contributed by atoms with Crippen LogP contribution in [0.5, 0.6) is 0 Å². The number of nitrogens with zero attached hydrogens (tertiary/aromatic N) is 1. The van der Waals surface area contributed by atoms with E-state index >= 15 is 0 Å². The number of hydrogen-bond donors (Lipinski definition) is 1. The molecule has 0 saturated carbocycles. The van der Waals surface area contributed by atoms with Crippen LogP contribution in [0.4, 0.5) is 0 Å². The summed E-state index contributed by atoms with van der Waals surface area (Å²) in [7, 11) is 2.13. The second-order valence-corrected chi connectivity index (χ2v) is 4.83. The van der Waals surface area contributed by atoms with Crippen molar-refractivity contribution in [2.75, 3.05) is 33.4 Å². The molecule has 2 rings (SSSR count). The van der Waals surface area contributed by atoms with Crippen molar-refractivity contribution in [3.63, 3.8) is 0 Å². The molecule has 0 aromatic rings. The summed E-state index contributed by atoms with van der Waals surface area (Å²) in [5, 5.41) is 8.86. The number of rotatable bonds is 3. The fraction of sp³-hybridized carbons (Fsp3) is 1.00. The molecule has 3 atom stereocenters. The zero-order valence-electron chi connectivity index (χ0n) is 9.61. The van der Waals surface area contributed by atoms with Crippen molar-refractivity contribution in [3.05, 3.63) is 0 Å². The van der Waals surface area contributed by atoms with Gasteiger partial charge in [-0.3, -0.25) is 0 Å². The number of likely N-dealkylation sites (tertiary alicyclic amines) is 1. The minimum atomic E-state index is -0.426. The van der Waals surface area contributed by atoms with Crippen LogP contribution in [0.3, 0.4) is 0 Å². The molecule has 2 aliphatic rings. The van der Waals surface area contributed by atoms with E-state index in [9.17, 15) is 0 Å². The predicted molar refractivity (Wildman–Crippen MR) is 56.5 cm³/mol. The quantitative estimate of drug-likeness (QED) is 0.742. The highest BCUT2D eigenvalue weighted by molar-refractivity contribution is 4.87. The van der Waals surface area contributed by atoms with Crippen LogP contribution < -0.4 is 0 Å². The third-order valence-electron chi connectivity index (χ3n) is 3.54. The largest absolute Gasteiger partial charge is 0.396 e. The van der Waals surface area contributed by atoms with E-state index in [2.05, 4.69) is 11.9 Å². The van der Waals surface area contributed by atoms with Gasteiger partial charge in [0, 0.05) is 19.1 Å². The number of aliphatic hydroxyl groups excluding tert-OH is 1. The molecule has 0 radical (unpaired) electrons. The molecule has 0 bridgehead atoms. The van der Waals surface area contributed by atoms with E-state index in [1.54, 1.807) is 0 Å². The topological polar surface area (TPSA) is 41.9 Å². The number of hydrogen-bond acceptors (Lipinski definition) is 4. The second-order valence-electron chi connectivity index (χ2n) is 4.83. The van der Waals surface area contributed by atoms with Gasteiger partial charge >= 0.3 is 0 Å². The van der Waals surface area contributed by atoms with Gasteiger partial charge in [0.1, 0.15) is 0 Å². The highest BCUT2D eigenvalue weighted by Gasteiger charge is 2.45. The van der Waals surface area contributed by atoms with Crippen molar-refractivity contribution in [1.82, 2.24) is 4.90 Å². The summed E-state index contributed by atoms with van der Waals surface area (Å²) in [6, 6.07) is 0. The summed E-state index contributed by atoms with van der Waals surface area (Å²) in [6.07, 6.45) is 1.89. The van der Waals surface area contributed by atoms with Crippen molar-refractivity contribution in [1.29, 1.82) is 0 Å². The lowest BCUT2D eigenvalue weighted by molar-refractivity contribution is -0.189. The van der Waals surface area contributed by atoms with E-state index < -0.39 is 5.79 Å². The minimum absolute atomic E-state index is 0.0749. The van der Waals surface area contributed by atoms with Crippen molar-refractivity contribution in [3.8, 4) is 0 Å². The summed E-state index contributed by atoms with van der Waals surface area (Å²) >= 11 is 0. The summed E-state index contributed by atoms with van der Waals surface area (Å²) < 4.78 is 11.7. The van der Waals surface area contributed by atoms with E-state index in [0.29, 0.717) is 18.9 Å². The van der Waals surface area contributed by atoms with Crippen LogP contribution >= 0.6 is 0 Å². The Morgan fingerprint density at radius 3 is 2.93 bits per heavy atom. The maximum atomic E-state index is 8.86. The number of aliphatic hydroxyl groups is 1. The standard InChI is InChI=1S/C11H21NO3/c1-11(9-3-5-12(2)7-9)14-8-10(15-11)4-6-13/h9-10,13H,3-8H2,1-2H3. The smallest absolute Gasteiger partial charge is 0.170 e. The molecule has 2 heterocycles. The van der Waals surface area contributed by atoms with Gasteiger partial charge < -0.3 is 19.5 Å². The third kappa shape index (κ3) is 2.33. The van der Waals surface area contributed by atoms with Gasteiger partial charge in [-0.05, 0) is 33.4 Å². The third-order valence-corrected chi connectivity index (χ3v) is 3.54. The molecule has 4 nitrogen and oxygen atoms in total. The van der Waals surface area contributed by atoms with Gasteiger partial charge in [-0.1, -0.05) is 0 Å². The molecule has 0 spiro atoms. The summed E-state index contributed by atoms with van der Waals surface area (Å²) in [5.41, 5.74) is 0. The average Bonchev–Trinajstić information content (AvgIpc) is 2.75. The molecule has 0 aliphatic carbocycles. The molecule has 4 heteroatoms. The highest BCUT2D eigenvalue weighted by atomic mass is 16.7. The molecular formula is C11H21NO3. The molecule has 0 aromatic heterocycles. The monoisotopic (exact) mass is 215 g/mol. The van der Waals surface area contributed by atoms with Gasteiger partial charge in [0.15, 0.2) is 5.79 Å². The van der Waals surface area contributed by atoms with E-state index in [-0.39, 0.29) is 12.7 Å². The molecule has 1 N–H and O–H groups in total. The zero-order chi connectivity index (χ0) is 10.9. The Bertz CT molecular complexity index is 224. The van der Waals surface area contributed by atoms with Gasteiger partial charge in [0.2, 0.25) is 0 Å². The summed E-state index contributed by atoms with van der Waals surface area (Å²) in [6.45, 7) is 5.00. The lowest BCUT2D eigenvalue weighted by Gasteiger charge is -2.29. The summed E-state index contributed by atoms with van der Waals surface area (Å²) in [4.78, 5) is 2.31. The molecule has 0 amide bonds. The first-order valence-electron chi connectivity index (χ1n) is 5.75. The van der Waals surface area contributed by atoms with Crippen molar-refractivity contribution in [2.24, 2.45) is 5.92 Å². The van der Waals surface area contributed by atoms with Gasteiger partial charge in [-0.25, -0.2) is 0 Å². The van der Waals surface area contributed by atoms with E-state index in [1.807, 2.05) is 6.92 Å². The molecule has 0 aromatic carbocycles. The zero-order valence-corrected chi connectivity index (χ0v) is 9.61. The fourth-order valence-electron chi connectivity index (χ4n) is 2.52. The second kappa shape index (κ2) is 4.37. The molecular weight excluding hydrogens is 194 g/mol. The van der Waals surface area contributed by atoms with Crippen LogP contribution in [0, 0.1) is 5.92 Å². The Kier molecular flexibility index (Phi) is 3.30. The fourth-order valence-corrected chi connectivity index (χ4v) is 2.52. The Morgan fingerprint density at radius 1 is 1.53 bits per heavy atom. The van der Waals surface area contributed by atoms with Crippen LogP contribution in [0.15, 0.2) is 0 Å². The first kappa shape index (κ1) is 11.3. The first-order chi connectivity index (χ1) is 7.14. The first-order valence-corrected chi connectivity index (χ1v) is 5.75. The Hall–Kier alpha value is -0.160. The van der Waals surface area contributed by atoms with Crippen LogP contribution in [-0.2, 0) is 9.47 Å². The van der Waals surface area contributed by atoms with Crippen molar-refractivity contribution in [2.45, 2.75) is 31.7 Å². The SMILES string of the molecule is CN1CCC(C2(C)OCC(CCO)O2)C1. The Labute approximate surface area is 91.2 Å². The van der Waals surface area contributed by atoms with Crippen LogP contribution in [0.2, 0.25) is 0 Å². The Balaban J connectivity index is 1.91. The van der Waals surface area contributed by atoms with Gasteiger partial charge in [-0.15, -0.1) is 0 Å². The number of ether oxygens (including phenoxy) is 2. The van der Waals surface area contributed by atoms with Crippen LogP contribution in [0.1, 0.15) is 19.8 Å². The molecule has 15 heavy (non-hydrogen) atoms. The molecule has 2 saturated heterocycles. The predicted octanol–water partition coefficient (Wildman–Crippen LogP) is 0.452. The van der Waals surface area contributed by atoms with Crippen LogP contribution in [0.25, 0.3) is 0 Å². The molecule has 88 valence electrons. The average molecular weight is 215 g/mol. The normalized spacial score (nSPS) is 42.6. The Morgan fingerprint density at radius 2 is 2.33 bits per heavy atom. The minimum Gasteiger partial charge on any atom is -0.396 e. The van der Waals surface area contributed by atoms with Crippen molar-refractivity contribution >= 4 is 0 Å². The van der Waals surface area contributed by atoms with E-state index in [4.69, 9.17) is 14.6 Å². The maximum absolute atomic E-state index is 8.86. The van der Waals surface area contributed by atoms with Gasteiger partial charge in [-0.2, -0.15) is 0 Å². The molecule has 2 aliphatic heterocycles.